The van der Waals surface area contributed by atoms with E-state index in [9.17, 15) is 18.0 Å². The maximum atomic E-state index is 12.2. The van der Waals surface area contributed by atoms with Gasteiger partial charge in [-0.2, -0.15) is 0 Å². The van der Waals surface area contributed by atoms with Crippen LogP contribution in [0.5, 0.6) is 0 Å². The molecule has 1 aromatic rings. The Balaban J connectivity index is 1.45. The molecule has 2 aliphatic rings. The number of rotatable bonds is 6. The molecule has 2 fully saturated rings. The molecule has 0 aromatic heterocycles. The van der Waals surface area contributed by atoms with Crippen LogP contribution in [0.15, 0.2) is 18.2 Å². The van der Waals surface area contributed by atoms with E-state index in [1.165, 1.54) is 0 Å². The van der Waals surface area contributed by atoms with Crippen LogP contribution in [-0.2, 0) is 14.6 Å². The van der Waals surface area contributed by atoms with Crippen molar-refractivity contribution in [3.05, 3.63) is 28.2 Å². The molecule has 3 N–H and O–H groups in total. The van der Waals surface area contributed by atoms with E-state index in [4.69, 9.17) is 23.2 Å². The lowest BCUT2D eigenvalue weighted by Crippen LogP contribution is -2.39. The molecule has 0 spiro atoms. The second-order valence-electron chi connectivity index (χ2n) is 6.54. The summed E-state index contributed by atoms with van der Waals surface area (Å²) in [6, 6.07) is 3.79. The fourth-order valence-corrected chi connectivity index (χ4v) is 6.00. The average Bonchev–Trinajstić information content (AvgIpc) is 2.99. The number of hydrogen-bond acceptors (Lipinski definition) is 4. The Kier molecular flexibility index (Phi) is 5.64. The zero-order chi connectivity index (χ0) is 18.9. The summed E-state index contributed by atoms with van der Waals surface area (Å²) < 4.78 is 24.4. The topological polar surface area (TPSA) is 104 Å². The fraction of sp³-hybridized carbons (Fsp3) is 0.500. The number of anilines is 1. The van der Waals surface area contributed by atoms with Gasteiger partial charge in [0.1, 0.15) is 0 Å². The standard InChI is InChI=1S/C16H19Cl2N3O4S/c17-10-6-5-9(7-11(10)18)19-14(22)4-2-1-3-13-15-12(8-26(13,24)25)20-16(23)21-15/h5-7,12-13,15H,1-4,8H2,(H,19,22)(H2,20,21,23)/t12-,13+,15-/m0/s1. The minimum Gasteiger partial charge on any atom is -0.332 e. The van der Waals surface area contributed by atoms with Gasteiger partial charge in [0, 0.05) is 12.1 Å². The second-order valence-corrected chi connectivity index (χ2v) is 9.62. The first-order valence-corrected chi connectivity index (χ1v) is 10.8. The summed E-state index contributed by atoms with van der Waals surface area (Å²) in [4.78, 5) is 23.3. The third-order valence-electron chi connectivity index (χ3n) is 4.67. The summed E-state index contributed by atoms with van der Waals surface area (Å²) in [5.41, 5.74) is 0.561. The molecule has 10 heteroatoms. The molecule has 0 bridgehead atoms. The number of carbonyl (C=O) groups excluding carboxylic acids is 2. The molecule has 26 heavy (non-hydrogen) atoms. The second kappa shape index (κ2) is 7.62. The zero-order valence-corrected chi connectivity index (χ0v) is 16.1. The van der Waals surface area contributed by atoms with Gasteiger partial charge in [0.25, 0.3) is 0 Å². The van der Waals surface area contributed by atoms with Crippen molar-refractivity contribution in [2.45, 2.75) is 43.0 Å². The Hall–Kier alpha value is -1.51. The van der Waals surface area contributed by atoms with Crippen LogP contribution < -0.4 is 16.0 Å². The van der Waals surface area contributed by atoms with E-state index in [0.29, 0.717) is 35.0 Å². The number of nitrogens with one attached hydrogen (secondary N) is 3. The highest BCUT2D eigenvalue weighted by Crippen LogP contribution is 2.29. The van der Waals surface area contributed by atoms with Crippen LogP contribution in [0.1, 0.15) is 25.7 Å². The lowest BCUT2D eigenvalue weighted by Gasteiger charge is -2.16. The SMILES string of the molecule is O=C(CCCC[C@@H]1[C@H]2NC(=O)N[C@H]2CS1(=O)=O)Nc1ccc(Cl)c(Cl)c1. The maximum absolute atomic E-state index is 12.2. The van der Waals surface area contributed by atoms with Gasteiger partial charge in [0.05, 0.1) is 33.1 Å². The van der Waals surface area contributed by atoms with Gasteiger partial charge in [-0.25, -0.2) is 13.2 Å². The zero-order valence-electron chi connectivity index (χ0n) is 13.8. The molecule has 3 amide bonds. The predicted octanol–water partition coefficient (Wildman–Crippen LogP) is 2.34. The van der Waals surface area contributed by atoms with E-state index in [1.54, 1.807) is 18.2 Å². The highest BCUT2D eigenvalue weighted by atomic mass is 35.5. The minimum atomic E-state index is -3.23. The molecule has 142 valence electrons. The normalized spacial score (nSPS) is 26.1. The summed E-state index contributed by atoms with van der Waals surface area (Å²) in [6.45, 7) is 0. The Bertz CT molecular complexity index is 831. The first-order valence-electron chi connectivity index (χ1n) is 8.30. The molecule has 0 unspecified atom stereocenters. The number of unbranched alkanes of at least 4 members (excludes halogenated alkanes) is 1. The molecule has 2 aliphatic heterocycles. The van der Waals surface area contributed by atoms with Crippen molar-refractivity contribution in [2.24, 2.45) is 0 Å². The van der Waals surface area contributed by atoms with E-state index < -0.39 is 15.1 Å². The van der Waals surface area contributed by atoms with Crippen LogP contribution in [0, 0.1) is 0 Å². The smallest absolute Gasteiger partial charge is 0.315 e. The molecular weight excluding hydrogens is 401 g/mol. The van der Waals surface area contributed by atoms with Crippen molar-refractivity contribution in [3.63, 3.8) is 0 Å². The van der Waals surface area contributed by atoms with Crippen molar-refractivity contribution in [1.29, 1.82) is 0 Å². The Morgan fingerprint density at radius 3 is 2.69 bits per heavy atom. The highest BCUT2D eigenvalue weighted by molar-refractivity contribution is 7.92. The van der Waals surface area contributed by atoms with Crippen molar-refractivity contribution >= 4 is 50.7 Å². The summed E-state index contributed by atoms with van der Waals surface area (Å²) in [7, 11) is -3.23. The number of sulfone groups is 1. The van der Waals surface area contributed by atoms with Crippen LogP contribution in [0.4, 0.5) is 10.5 Å². The van der Waals surface area contributed by atoms with Crippen LogP contribution in [0.3, 0.4) is 0 Å². The summed E-state index contributed by atoms with van der Waals surface area (Å²) >= 11 is 11.7. The van der Waals surface area contributed by atoms with Crippen LogP contribution in [0.2, 0.25) is 10.0 Å². The van der Waals surface area contributed by atoms with E-state index in [2.05, 4.69) is 16.0 Å². The number of fused-ring (bicyclic) bond motifs is 1. The van der Waals surface area contributed by atoms with Crippen molar-refractivity contribution in [1.82, 2.24) is 10.6 Å². The first-order chi connectivity index (χ1) is 12.3. The van der Waals surface area contributed by atoms with Gasteiger partial charge in [-0.15, -0.1) is 0 Å². The largest absolute Gasteiger partial charge is 0.332 e. The van der Waals surface area contributed by atoms with Gasteiger partial charge in [-0.1, -0.05) is 29.6 Å². The van der Waals surface area contributed by atoms with Crippen LogP contribution in [-0.4, -0.2) is 43.4 Å². The number of urea groups is 1. The Morgan fingerprint density at radius 1 is 1.19 bits per heavy atom. The first kappa shape index (κ1) is 19.3. The molecule has 0 saturated carbocycles. The third-order valence-corrected chi connectivity index (χ3v) is 7.68. The van der Waals surface area contributed by atoms with Crippen molar-refractivity contribution in [2.75, 3.05) is 11.1 Å². The molecule has 3 rings (SSSR count). The molecule has 1 aromatic carbocycles. The molecule has 3 atom stereocenters. The fourth-order valence-electron chi connectivity index (χ4n) is 3.43. The molecular formula is C16H19Cl2N3O4S. The van der Waals surface area contributed by atoms with Gasteiger partial charge in [0.2, 0.25) is 5.91 Å². The van der Waals surface area contributed by atoms with Crippen LogP contribution in [0.25, 0.3) is 0 Å². The summed E-state index contributed by atoms with van der Waals surface area (Å²) in [5.74, 6) is -0.204. The van der Waals surface area contributed by atoms with Crippen LogP contribution >= 0.6 is 23.2 Å². The number of halogens is 2. The summed E-state index contributed by atoms with van der Waals surface area (Å²) in [5, 5.41) is 8.22. The van der Waals surface area contributed by atoms with E-state index in [1.807, 2.05) is 0 Å². The quantitative estimate of drug-likeness (QED) is 0.485. The van der Waals surface area contributed by atoms with Crippen molar-refractivity contribution < 1.29 is 18.0 Å². The third kappa shape index (κ3) is 4.24. The van der Waals surface area contributed by atoms with E-state index in [-0.39, 0.29) is 36.2 Å². The lowest BCUT2D eigenvalue weighted by atomic mass is 10.0. The van der Waals surface area contributed by atoms with Gasteiger partial charge < -0.3 is 16.0 Å². The van der Waals surface area contributed by atoms with E-state index in [0.717, 1.165) is 0 Å². The molecule has 0 aliphatic carbocycles. The average molecular weight is 420 g/mol. The maximum Gasteiger partial charge on any atom is 0.315 e. The predicted molar refractivity (Wildman–Crippen MR) is 100 cm³/mol. The number of amides is 3. The van der Waals surface area contributed by atoms with Crippen molar-refractivity contribution in [3.8, 4) is 0 Å². The van der Waals surface area contributed by atoms with Gasteiger partial charge in [-0.3, -0.25) is 4.79 Å². The molecule has 2 saturated heterocycles. The molecule has 7 nitrogen and oxygen atoms in total. The summed E-state index contributed by atoms with van der Waals surface area (Å²) in [6.07, 6.45) is 1.83. The number of carbonyl (C=O) groups is 2. The molecule has 2 heterocycles. The minimum absolute atomic E-state index is 0.0289. The van der Waals surface area contributed by atoms with Gasteiger partial charge >= 0.3 is 6.03 Å². The number of benzene rings is 1. The number of hydrogen-bond donors (Lipinski definition) is 3. The Morgan fingerprint density at radius 2 is 1.96 bits per heavy atom. The van der Waals surface area contributed by atoms with Gasteiger partial charge in [0.15, 0.2) is 9.84 Å². The van der Waals surface area contributed by atoms with E-state index >= 15 is 0 Å². The van der Waals surface area contributed by atoms with Gasteiger partial charge in [-0.05, 0) is 31.0 Å². The monoisotopic (exact) mass is 419 g/mol. The lowest BCUT2D eigenvalue weighted by molar-refractivity contribution is -0.116. The Labute approximate surface area is 161 Å². The highest BCUT2D eigenvalue weighted by Gasteiger charge is 2.51. The molecule has 0 radical (unpaired) electrons.